The van der Waals surface area contributed by atoms with Crippen LogP contribution in [0.2, 0.25) is 0 Å². The fraction of sp³-hybridized carbons (Fsp3) is 0.632. The highest BCUT2D eigenvalue weighted by atomic mass is 19.4. The van der Waals surface area contributed by atoms with Crippen LogP contribution in [0.5, 0.6) is 5.75 Å². The predicted molar refractivity (Wildman–Crippen MR) is 95.3 cm³/mol. The van der Waals surface area contributed by atoms with Crippen LogP contribution in [0.15, 0.2) is 24.3 Å². The molecule has 3 rings (SSSR count). The maximum absolute atomic E-state index is 10.6. The van der Waals surface area contributed by atoms with E-state index in [-0.39, 0.29) is 5.60 Å². The Morgan fingerprint density at radius 1 is 1.39 bits per heavy atom. The van der Waals surface area contributed by atoms with Crippen molar-refractivity contribution >= 4 is 5.97 Å². The molecule has 1 spiro atoms. The van der Waals surface area contributed by atoms with Crippen LogP contribution < -0.4 is 4.74 Å². The molecule has 1 aromatic rings. The van der Waals surface area contributed by atoms with Crippen LogP contribution >= 0.6 is 0 Å². The summed E-state index contributed by atoms with van der Waals surface area (Å²) in [6, 6.07) is 8.29. The van der Waals surface area contributed by atoms with Crippen LogP contribution in [0.3, 0.4) is 0 Å². The highest BCUT2D eigenvalue weighted by Crippen LogP contribution is 2.36. The Hall–Kier alpha value is -1.84. The molecule has 2 fully saturated rings. The maximum Gasteiger partial charge on any atom is 0.490 e. The third-order valence-corrected chi connectivity index (χ3v) is 4.66. The number of carboxylic acids is 1. The molecule has 2 saturated heterocycles. The van der Waals surface area contributed by atoms with Crippen LogP contribution in [0.1, 0.15) is 25.3 Å². The summed E-state index contributed by atoms with van der Waals surface area (Å²) < 4.78 is 48.8. The van der Waals surface area contributed by atoms with Gasteiger partial charge in [0.1, 0.15) is 5.75 Å². The molecule has 0 radical (unpaired) electrons. The third-order valence-electron chi connectivity index (χ3n) is 4.66. The second-order valence-corrected chi connectivity index (χ2v) is 6.90. The van der Waals surface area contributed by atoms with Gasteiger partial charge in [0.25, 0.3) is 0 Å². The fourth-order valence-corrected chi connectivity index (χ4v) is 3.49. The molecule has 9 heteroatoms. The molecule has 2 aliphatic rings. The molecule has 6 nitrogen and oxygen atoms in total. The summed E-state index contributed by atoms with van der Waals surface area (Å²) in [6.07, 6.45) is -2.64. The van der Waals surface area contributed by atoms with Crippen molar-refractivity contribution in [1.82, 2.24) is 4.90 Å². The molecule has 0 aromatic heterocycles. The summed E-state index contributed by atoms with van der Waals surface area (Å²) >= 11 is 0. The minimum atomic E-state index is -5.08. The quantitative estimate of drug-likeness (QED) is 0.812. The average Bonchev–Trinajstić information content (AvgIpc) is 2.61. The van der Waals surface area contributed by atoms with E-state index >= 15 is 0 Å². The summed E-state index contributed by atoms with van der Waals surface area (Å²) in [4.78, 5) is 11.3. The van der Waals surface area contributed by atoms with Gasteiger partial charge >= 0.3 is 12.1 Å². The number of carboxylic acid groups (broad SMARTS) is 1. The van der Waals surface area contributed by atoms with Gasteiger partial charge in [0.05, 0.1) is 18.8 Å². The van der Waals surface area contributed by atoms with E-state index in [0.717, 1.165) is 51.4 Å². The number of ether oxygens (including phenoxy) is 3. The normalized spacial score (nSPS) is 21.4. The van der Waals surface area contributed by atoms with Crippen molar-refractivity contribution in [3.05, 3.63) is 29.8 Å². The molecule has 0 saturated carbocycles. The predicted octanol–water partition coefficient (Wildman–Crippen LogP) is 3.10. The van der Waals surface area contributed by atoms with Gasteiger partial charge in [-0.05, 0) is 31.0 Å². The van der Waals surface area contributed by atoms with E-state index in [1.807, 2.05) is 12.1 Å². The van der Waals surface area contributed by atoms with Crippen molar-refractivity contribution in [3.63, 3.8) is 0 Å². The van der Waals surface area contributed by atoms with Gasteiger partial charge < -0.3 is 19.3 Å². The number of hydrogen-bond donors (Lipinski definition) is 1. The number of likely N-dealkylation sites (tertiary alicyclic amines) is 1. The van der Waals surface area contributed by atoms with Crippen molar-refractivity contribution < 1.29 is 37.3 Å². The first-order valence-corrected chi connectivity index (χ1v) is 9.08. The zero-order valence-corrected chi connectivity index (χ0v) is 16.0. The van der Waals surface area contributed by atoms with Crippen LogP contribution in [-0.2, 0) is 20.8 Å². The highest BCUT2D eigenvalue weighted by Gasteiger charge is 2.47. The number of hydrogen-bond acceptors (Lipinski definition) is 5. The van der Waals surface area contributed by atoms with E-state index in [9.17, 15) is 13.2 Å². The summed E-state index contributed by atoms with van der Waals surface area (Å²) in [5, 5.41) is 7.12. The van der Waals surface area contributed by atoms with Crippen LogP contribution in [0.4, 0.5) is 13.2 Å². The Kier molecular flexibility index (Phi) is 7.68. The third kappa shape index (κ3) is 6.35. The molecule has 0 amide bonds. The Labute approximate surface area is 162 Å². The second kappa shape index (κ2) is 9.58. The first-order valence-electron chi connectivity index (χ1n) is 9.08. The van der Waals surface area contributed by atoms with Crippen molar-refractivity contribution in [2.45, 2.75) is 44.2 Å². The van der Waals surface area contributed by atoms with Gasteiger partial charge in [-0.3, -0.25) is 4.90 Å². The molecule has 2 heterocycles. The first-order chi connectivity index (χ1) is 13.2. The lowest BCUT2D eigenvalue weighted by Crippen LogP contribution is -2.65. The average molecular weight is 405 g/mol. The number of alkyl halides is 3. The Balaban J connectivity index is 0.000000345. The number of carbonyl (C=O) groups is 1. The van der Waals surface area contributed by atoms with Crippen LogP contribution in [-0.4, -0.2) is 67.3 Å². The second-order valence-electron chi connectivity index (χ2n) is 6.90. The number of methoxy groups -OCH3 is 1. The molecule has 1 atom stereocenters. The van der Waals surface area contributed by atoms with Gasteiger partial charge in [-0.2, -0.15) is 13.2 Å². The van der Waals surface area contributed by atoms with Crippen molar-refractivity contribution in [3.8, 4) is 5.75 Å². The van der Waals surface area contributed by atoms with E-state index < -0.39 is 12.1 Å². The maximum atomic E-state index is 10.6. The number of nitrogens with zero attached hydrogens (tertiary/aromatic N) is 1. The van der Waals surface area contributed by atoms with Crippen molar-refractivity contribution in [1.29, 1.82) is 0 Å². The van der Waals surface area contributed by atoms with Gasteiger partial charge in [-0.15, -0.1) is 0 Å². The van der Waals surface area contributed by atoms with E-state index in [0.29, 0.717) is 6.10 Å². The number of aliphatic carboxylic acids is 1. The zero-order chi connectivity index (χ0) is 20.8. The molecule has 1 N–H and O–H groups in total. The first kappa shape index (κ1) is 22.4. The highest BCUT2D eigenvalue weighted by molar-refractivity contribution is 5.73. The molecule has 0 aliphatic carbocycles. The molecule has 158 valence electrons. The minimum absolute atomic E-state index is 0.0386. The smallest absolute Gasteiger partial charge is 0.490 e. The topological polar surface area (TPSA) is 68.2 Å². The lowest BCUT2D eigenvalue weighted by atomic mass is 9.84. The number of benzene rings is 1. The molecule has 28 heavy (non-hydrogen) atoms. The molecular weight excluding hydrogens is 379 g/mol. The molecule has 2 aliphatic heterocycles. The number of rotatable bonds is 5. The van der Waals surface area contributed by atoms with Crippen LogP contribution in [0, 0.1) is 0 Å². The van der Waals surface area contributed by atoms with E-state index in [4.69, 9.17) is 24.1 Å². The van der Waals surface area contributed by atoms with Crippen molar-refractivity contribution in [2.24, 2.45) is 0 Å². The fourth-order valence-electron chi connectivity index (χ4n) is 3.49. The largest absolute Gasteiger partial charge is 0.497 e. The Morgan fingerprint density at radius 2 is 2.07 bits per heavy atom. The van der Waals surface area contributed by atoms with Crippen molar-refractivity contribution in [2.75, 3.05) is 33.4 Å². The summed E-state index contributed by atoms with van der Waals surface area (Å²) in [7, 11) is 1.71. The zero-order valence-electron chi connectivity index (χ0n) is 16.0. The summed E-state index contributed by atoms with van der Waals surface area (Å²) in [6.45, 7) is 6.67. The molecule has 0 bridgehead atoms. The summed E-state index contributed by atoms with van der Waals surface area (Å²) in [5.74, 6) is -1.83. The van der Waals surface area contributed by atoms with Gasteiger partial charge in [0.2, 0.25) is 0 Å². The monoisotopic (exact) mass is 405 g/mol. The summed E-state index contributed by atoms with van der Waals surface area (Å²) in [5.41, 5.74) is 1.33. The van der Waals surface area contributed by atoms with E-state index in [1.165, 1.54) is 5.56 Å². The molecule has 1 aromatic carbocycles. The van der Waals surface area contributed by atoms with Gasteiger partial charge in [-0.1, -0.05) is 12.1 Å². The Morgan fingerprint density at radius 3 is 2.64 bits per heavy atom. The standard InChI is InChI=1S/C17H25NO3.C2HF3O2/c1-3-20-16-7-8-21-17(10-16)12-18(13-17)11-14-5-4-6-15(9-14)19-2;3-2(4,5)1(6)7/h4-6,9,16H,3,7-8,10-13H2,1-2H3;(H,6,7). The lowest BCUT2D eigenvalue weighted by molar-refractivity contribution is -0.198. The van der Waals surface area contributed by atoms with Gasteiger partial charge in [0, 0.05) is 39.3 Å². The Bertz CT molecular complexity index is 645. The molecule has 1 unspecified atom stereocenters. The lowest BCUT2D eigenvalue weighted by Gasteiger charge is -2.53. The number of halogens is 3. The van der Waals surface area contributed by atoms with Gasteiger partial charge in [0.15, 0.2) is 0 Å². The van der Waals surface area contributed by atoms with Gasteiger partial charge in [-0.25, -0.2) is 4.79 Å². The van der Waals surface area contributed by atoms with E-state index in [1.54, 1.807) is 7.11 Å². The van der Waals surface area contributed by atoms with Crippen LogP contribution in [0.25, 0.3) is 0 Å². The molecular formula is C19H26F3NO5. The van der Waals surface area contributed by atoms with E-state index in [2.05, 4.69) is 24.0 Å². The minimum Gasteiger partial charge on any atom is -0.497 e. The SMILES string of the molecule is CCOC1CCOC2(C1)CN(Cc1cccc(OC)c1)C2.O=C(O)C(F)(F)F.